The molecule has 1 rings (SSSR count). The molecular weight excluding hydrogens is 395 g/mol. The molecule has 0 aromatic heterocycles. The first-order valence-electron chi connectivity index (χ1n) is 6.00. The summed E-state index contributed by atoms with van der Waals surface area (Å²) >= 11 is 0. The van der Waals surface area contributed by atoms with Crippen molar-refractivity contribution < 1.29 is 52.7 Å². The molecule has 1 aromatic carbocycles. The van der Waals surface area contributed by atoms with E-state index in [4.69, 9.17) is 0 Å². The van der Waals surface area contributed by atoms with Crippen molar-refractivity contribution in [1.29, 1.82) is 0 Å². The number of hydrogen-bond donors (Lipinski definition) is 0. The molecule has 25 heavy (non-hydrogen) atoms. The highest BCUT2D eigenvalue weighted by atomic mass is 32.2. The fourth-order valence-corrected chi connectivity index (χ4v) is 2.74. The maximum absolute atomic E-state index is 13.4. The number of halogens is 9. The van der Waals surface area contributed by atoms with Crippen LogP contribution in [-0.4, -0.2) is 43.2 Å². The van der Waals surface area contributed by atoms with E-state index in [9.17, 15) is 52.7 Å². The van der Waals surface area contributed by atoms with Crippen LogP contribution in [0.15, 0.2) is 30.3 Å². The van der Waals surface area contributed by atoms with Crippen molar-refractivity contribution in [2.45, 2.75) is 23.3 Å². The van der Waals surface area contributed by atoms with Gasteiger partial charge in [0, 0.05) is 5.56 Å². The lowest BCUT2D eigenvalue weighted by atomic mass is 10.1. The van der Waals surface area contributed by atoms with Crippen LogP contribution in [0.2, 0.25) is 0 Å². The Hall–Kier alpha value is -1.79. The highest BCUT2D eigenvalue weighted by molar-refractivity contribution is 7.93. The van der Waals surface area contributed by atoms with E-state index in [0.29, 0.717) is 0 Å². The molecule has 0 heterocycles. The van der Waals surface area contributed by atoms with E-state index in [1.54, 1.807) is 0 Å². The van der Waals surface area contributed by atoms with Gasteiger partial charge in [-0.1, -0.05) is 30.3 Å². The van der Waals surface area contributed by atoms with Gasteiger partial charge in [0.1, 0.15) is 5.75 Å². The van der Waals surface area contributed by atoms with Crippen molar-refractivity contribution in [1.82, 2.24) is 0 Å². The molecule has 0 spiro atoms. The molecule has 1 aromatic rings. The summed E-state index contributed by atoms with van der Waals surface area (Å²) in [6.07, 6.45) is -7.15. The van der Waals surface area contributed by atoms with Crippen molar-refractivity contribution in [3.05, 3.63) is 35.9 Å². The van der Waals surface area contributed by atoms with Gasteiger partial charge in [0.2, 0.25) is 9.84 Å². The minimum Gasteiger partial charge on any atom is -0.293 e. The van der Waals surface area contributed by atoms with Crippen LogP contribution in [-0.2, 0) is 9.84 Å². The zero-order valence-corrected chi connectivity index (χ0v) is 12.4. The summed E-state index contributed by atoms with van der Waals surface area (Å²) in [6.45, 7) is 0. The summed E-state index contributed by atoms with van der Waals surface area (Å²) in [5, 5.41) is -6.86. The normalized spacial score (nSPS) is 14.4. The maximum atomic E-state index is 13.4. The fraction of sp³-hybridized carbons (Fsp3) is 0.417. The summed E-state index contributed by atoms with van der Waals surface area (Å²) in [6, 6.07) is 5.41. The van der Waals surface area contributed by atoms with Gasteiger partial charge in [-0.3, -0.25) is 4.79 Å². The van der Waals surface area contributed by atoms with Crippen LogP contribution in [0.3, 0.4) is 0 Å². The highest BCUT2D eigenvalue weighted by Gasteiger charge is 2.85. The first-order chi connectivity index (χ1) is 11.0. The minimum atomic E-state index is -7.35. The second kappa shape index (κ2) is 6.18. The number of carbonyl (C=O) groups excluding carboxylic acids is 1. The van der Waals surface area contributed by atoms with E-state index >= 15 is 0 Å². The Morgan fingerprint density at radius 2 is 1.24 bits per heavy atom. The summed E-state index contributed by atoms with van der Waals surface area (Å²) in [5.74, 6) is -18.8. The molecular formula is C12H7F9O3S. The Bertz CT molecular complexity index is 739. The zero-order valence-electron chi connectivity index (χ0n) is 11.6. The lowest BCUT2D eigenvalue weighted by molar-refractivity contribution is -0.382. The Morgan fingerprint density at radius 3 is 1.64 bits per heavy atom. The van der Waals surface area contributed by atoms with Crippen molar-refractivity contribution in [2.75, 3.05) is 5.75 Å². The van der Waals surface area contributed by atoms with Crippen LogP contribution in [0, 0.1) is 0 Å². The number of sulfone groups is 1. The van der Waals surface area contributed by atoms with Crippen LogP contribution < -0.4 is 0 Å². The largest absolute Gasteiger partial charge is 0.460 e. The van der Waals surface area contributed by atoms with E-state index in [2.05, 4.69) is 0 Å². The Morgan fingerprint density at radius 1 is 0.800 bits per heavy atom. The molecule has 0 saturated carbocycles. The van der Waals surface area contributed by atoms with Crippen LogP contribution in [0.1, 0.15) is 10.4 Å². The van der Waals surface area contributed by atoms with Crippen molar-refractivity contribution in [2.24, 2.45) is 0 Å². The highest BCUT2D eigenvalue weighted by Crippen LogP contribution is 2.54. The van der Waals surface area contributed by atoms with Crippen LogP contribution in [0.25, 0.3) is 0 Å². The molecule has 0 aliphatic rings. The number of ketones is 1. The number of Topliss-reactive ketones (excluding diaryl/α,β-unsaturated/α-hetero) is 1. The van der Waals surface area contributed by atoms with Crippen LogP contribution in [0.5, 0.6) is 0 Å². The lowest BCUT2D eigenvalue weighted by Crippen LogP contribution is -2.63. The molecule has 0 bridgehead atoms. The van der Waals surface area contributed by atoms with Gasteiger partial charge in [0.15, 0.2) is 5.78 Å². The lowest BCUT2D eigenvalue weighted by Gasteiger charge is -2.32. The van der Waals surface area contributed by atoms with Gasteiger partial charge in [-0.15, -0.1) is 0 Å². The van der Waals surface area contributed by atoms with E-state index in [1.165, 1.54) is 6.07 Å². The molecule has 3 nitrogen and oxygen atoms in total. The van der Waals surface area contributed by atoms with Crippen molar-refractivity contribution in [3.63, 3.8) is 0 Å². The quantitative estimate of drug-likeness (QED) is 0.539. The van der Waals surface area contributed by atoms with E-state index in [0.717, 1.165) is 24.3 Å². The number of alkyl halides is 9. The van der Waals surface area contributed by atoms with E-state index < -0.39 is 50.2 Å². The maximum Gasteiger partial charge on any atom is 0.460 e. The minimum absolute atomic E-state index is 0.548. The predicted molar refractivity (Wildman–Crippen MR) is 65.5 cm³/mol. The number of hydrogen-bond acceptors (Lipinski definition) is 3. The number of benzene rings is 1. The van der Waals surface area contributed by atoms with Crippen molar-refractivity contribution >= 4 is 15.6 Å². The topological polar surface area (TPSA) is 51.2 Å². The molecule has 0 aliphatic carbocycles. The van der Waals surface area contributed by atoms with Gasteiger partial charge in [-0.05, 0) is 0 Å². The number of carbonyl (C=O) groups is 1. The molecule has 142 valence electrons. The third-order valence-electron chi connectivity index (χ3n) is 2.92. The van der Waals surface area contributed by atoms with E-state index in [-0.39, 0.29) is 0 Å². The van der Waals surface area contributed by atoms with Crippen LogP contribution in [0.4, 0.5) is 39.5 Å². The van der Waals surface area contributed by atoms with Gasteiger partial charge in [0.05, 0.1) is 0 Å². The monoisotopic (exact) mass is 402 g/mol. The summed E-state index contributed by atoms with van der Waals surface area (Å²) in [5.41, 5.74) is -0.548. The van der Waals surface area contributed by atoms with Crippen molar-refractivity contribution in [3.8, 4) is 0 Å². The van der Waals surface area contributed by atoms with Gasteiger partial charge in [-0.25, -0.2) is 8.42 Å². The standard InChI is InChI=1S/C12H7F9O3S/c13-9(14,11(17,18)19)10(15,16)12(20,21)25(23,24)6-8(22)7-4-2-1-3-5-7/h1-5H,6H2. The summed E-state index contributed by atoms with van der Waals surface area (Å²) < 4.78 is 137. The number of rotatable bonds is 6. The molecule has 0 N–H and O–H groups in total. The summed E-state index contributed by atoms with van der Waals surface area (Å²) in [7, 11) is -6.72. The van der Waals surface area contributed by atoms with Gasteiger partial charge >= 0.3 is 23.3 Å². The molecule has 0 unspecified atom stereocenters. The second-order valence-corrected chi connectivity index (χ2v) is 6.74. The van der Waals surface area contributed by atoms with Gasteiger partial charge in [0.25, 0.3) is 0 Å². The summed E-state index contributed by atoms with van der Waals surface area (Å²) in [4.78, 5) is 11.5. The molecule has 0 saturated heterocycles. The van der Waals surface area contributed by atoms with Gasteiger partial charge < -0.3 is 0 Å². The Labute approximate surface area is 134 Å². The van der Waals surface area contributed by atoms with E-state index in [1.807, 2.05) is 0 Å². The predicted octanol–water partition coefficient (Wildman–Crippen LogP) is 3.71. The molecule has 0 radical (unpaired) electrons. The molecule has 0 aliphatic heterocycles. The molecule has 0 amide bonds. The average molecular weight is 402 g/mol. The third-order valence-corrected chi connectivity index (χ3v) is 4.60. The average Bonchev–Trinajstić information content (AvgIpc) is 2.45. The fourth-order valence-electron chi connectivity index (χ4n) is 1.53. The molecule has 13 heteroatoms. The molecule has 0 fully saturated rings. The zero-order chi connectivity index (χ0) is 19.9. The Balaban J connectivity index is 3.29. The van der Waals surface area contributed by atoms with Gasteiger partial charge in [-0.2, -0.15) is 39.5 Å². The Kier molecular flexibility index (Phi) is 5.25. The SMILES string of the molecule is O=C(CS(=O)(=O)C(F)(F)C(F)(F)C(F)(F)C(F)(F)F)c1ccccc1. The molecule has 0 atom stereocenters. The smallest absolute Gasteiger partial charge is 0.293 e. The first-order valence-corrected chi connectivity index (χ1v) is 7.65. The third kappa shape index (κ3) is 3.46. The van der Waals surface area contributed by atoms with Crippen LogP contribution >= 0.6 is 0 Å². The first kappa shape index (κ1) is 21.3. The second-order valence-electron chi connectivity index (χ2n) is 4.71.